The number of hydrogen-bond acceptors (Lipinski definition) is 3. The highest BCUT2D eigenvalue weighted by atomic mass is 16.5. The predicted molar refractivity (Wildman–Crippen MR) is 80.8 cm³/mol. The molecule has 1 amide bonds. The number of amides is 1. The summed E-state index contributed by atoms with van der Waals surface area (Å²) in [7, 11) is 1.60. The molecule has 0 aromatic heterocycles. The average Bonchev–Trinajstić information content (AvgIpc) is 2.49. The standard InChI is InChI=1S/C16H21NO4/c1-21-13-5-11-17(12-10-16(19)20)15(18)9-8-14-6-3-2-4-7-14/h2-4,6-9H,5,10-13H2,1H3,(H,19,20)/b9-8+. The molecule has 0 aliphatic heterocycles. The van der Waals surface area contributed by atoms with E-state index in [9.17, 15) is 9.59 Å². The van der Waals surface area contributed by atoms with Gasteiger partial charge in [-0.3, -0.25) is 9.59 Å². The van der Waals surface area contributed by atoms with Crippen molar-refractivity contribution in [1.82, 2.24) is 4.90 Å². The van der Waals surface area contributed by atoms with E-state index in [1.165, 1.54) is 11.0 Å². The van der Waals surface area contributed by atoms with E-state index < -0.39 is 5.97 Å². The van der Waals surface area contributed by atoms with Gasteiger partial charge in [0.15, 0.2) is 0 Å². The Morgan fingerprint density at radius 1 is 1.24 bits per heavy atom. The van der Waals surface area contributed by atoms with Crippen LogP contribution in [0.15, 0.2) is 36.4 Å². The van der Waals surface area contributed by atoms with Crippen molar-refractivity contribution in [2.24, 2.45) is 0 Å². The molecule has 21 heavy (non-hydrogen) atoms. The van der Waals surface area contributed by atoms with Gasteiger partial charge in [-0.15, -0.1) is 0 Å². The number of nitrogens with zero attached hydrogens (tertiary/aromatic N) is 1. The fourth-order valence-electron chi connectivity index (χ4n) is 1.80. The number of aliphatic carboxylic acids is 1. The van der Waals surface area contributed by atoms with Crippen molar-refractivity contribution in [3.63, 3.8) is 0 Å². The highest BCUT2D eigenvalue weighted by Gasteiger charge is 2.11. The lowest BCUT2D eigenvalue weighted by molar-refractivity contribution is -0.138. The fraction of sp³-hybridized carbons (Fsp3) is 0.375. The molecule has 0 radical (unpaired) electrons. The van der Waals surface area contributed by atoms with E-state index in [4.69, 9.17) is 9.84 Å². The molecule has 0 atom stereocenters. The molecule has 0 aliphatic carbocycles. The van der Waals surface area contributed by atoms with Gasteiger partial charge in [0.25, 0.3) is 0 Å². The highest BCUT2D eigenvalue weighted by molar-refractivity contribution is 5.92. The van der Waals surface area contributed by atoms with Crippen LogP contribution in [-0.4, -0.2) is 48.7 Å². The smallest absolute Gasteiger partial charge is 0.305 e. The van der Waals surface area contributed by atoms with E-state index in [1.807, 2.05) is 30.3 Å². The Kier molecular flexibility index (Phi) is 7.82. The van der Waals surface area contributed by atoms with Gasteiger partial charge in [-0.1, -0.05) is 30.3 Å². The Morgan fingerprint density at radius 2 is 1.95 bits per heavy atom. The highest BCUT2D eigenvalue weighted by Crippen LogP contribution is 2.03. The summed E-state index contributed by atoms with van der Waals surface area (Å²) in [5.41, 5.74) is 0.931. The summed E-state index contributed by atoms with van der Waals surface area (Å²) in [4.78, 5) is 24.3. The van der Waals surface area contributed by atoms with Gasteiger partial charge in [0, 0.05) is 32.9 Å². The van der Waals surface area contributed by atoms with Crippen LogP contribution in [-0.2, 0) is 14.3 Å². The minimum absolute atomic E-state index is 0.0576. The third-order valence-electron chi connectivity index (χ3n) is 2.90. The first-order valence-corrected chi connectivity index (χ1v) is 6.86. The topological polar surface area (TPSA) is 66.8 Å². The molecule has 5 nitrogen and oxygen atoms in total. The number of carbonyl (C=O) groups is 2. The number of carboxylic acids is 1. The Morgan fingerprint density at radius 3 is 2.57 bits per heavy atom. The minimum Gasteiger partial charge on any atom is -0.481 e. The first kappa shape index (κ1) is 16.9. The number of hydrogen-bond donors (Lipinski definition) is 1. The van der Waals surface area contributed by atoms with Crippen LogP contribution >= 0.6 is 0 Å². The molecule has 0 heterocycles. The Hall–Kier alpha value is -2.14. The summed E-state index contributed by atoms with van der Waals surface area (Å²) >= 11 is 0. The molecule has 0 fully saturated rings. The predicted octanol–water partition coefficient (Wildman–Crippen LogP) is 2.04. The molecule has 1 aromatic rings. The van der Waals surface area contributed by atoms with Gasteiger partial charge in [0.1, 0.15) is 0 Å². The maximum Gasteiger partial charge on any atom is 0.305 e. The van der Waals surface area contributed by atoms with Gasteiger partial charge in [-0.25, -0.2) is 0 Å². The molecule has 0 saturated carbocycles. The van der Waals surface area contributed by atoms with Gasteiger partial charge in [-0.05, 0) is 18.1 Å². The van der Waals surface area contributed by atoms with E-state index in [0.29, 0.717) is 19.6 Å². The summed E-state index contributed by atoms with van der Waals surface area (Å²) < 4.78 is 4.95. The Balaban J connectivity index is 2.60. The third kappa shape index (κ3) is 7.27. The molecule has 1 rings (SSSR count). The third-order valence-corrected chi connectivity index (χ3v) is 2.90. The van der Waals surface area contributed by atoms with Crippen molar-refractivity contribution in [2.75, 3.05) is 26.8 Å². The molecule has 0 spiro atoms. The average molecular weight is 291 g/mol. The number of ether oxygens (including phenoxy) is 1. The van der Waals surface area contributed by atoms with E-state index in [1.54, 1.807) is 13.2 Å². The van der Waals surface area contributed by atoms with Crippen LogP contribution in [0, 0.1) is 0 Å². The molecule has 0 bridgehead atoms. The molecule has 5 heteroatoms. The van der Waals surface area contributed by atoms with Gasteiger partial charge < -0.3 is 14.7 Å². The van der Waals surface area contributed by atoms with Crippen LogP contribution in [0.4, 0.5) is 0 Å². The van der Waals surface area contributed by atoms with E-state index in [2.05, 4.69) is 0 Å². The Bertz CT molecular complexity index is 470. The maximum absolute atomic E-state index is 12.1. The number of benzene rings is 1. The van der Waals surface area contributed by atoms with Gasteiger partial charge >= 0.3 is 5.97 Å². The second-order valence-corrected chi connectivity index (χ2v) is 4.56. The van der Waals surface area contributed by atoms with Crippen LogP contribution in [0.1, 0.15) is 18.4 Å². The molecule has 114 valence electrons. The van der Waals surface area contributed by atoms with Crippen molar-refractivity contribution < 1.29 is 19.4 Å². The van der Waals surface area contributed by atoms with Crippen molar-refractivity contribution in [2.45, 2.75) is 12.8 Å². The quantitative estimate of drug-likeness (QED) is 0.558. The van der Waals surface area contributed by atoms with Crippen molar-refractivity contribution >= 4 is 18.0 Å². The summed E-state index contributed by atoms with van der Waals surface area (Å²) in [6, 6.07) is 9.49. The zero-order chi connectivity index (χ0) is 15.5. The van der Waals surface area contributed by atoms with Crippen molar-refractivity contribution in [1.29, 1.82) is 0 Å². The number of carboxylic acid groups (broad SMARTS) is 1. The largest absolute Gasteiger partial charge is 0.481 e. The summed E-state index contributed by atoms with van der Waals surface area (Å²) in [5, 5.41) is 8.74. The SMILES string of the molecule is COCCCN(CCC(=O)O)C(=O)/C=C/c1ccccc1. The lowest BCUT2D eigenvalue weighted by Gasteiger charge is -2.20. The monoisotopic (exact) mass is 291 g/mol. The second kappa shape index (κ2) is 9.72. The molecule has 1 aromatic carbocycles. The number of methoxy groups -OCH3 is 1. The lowest BCUT2D eigenvalue weighted by Crippen LogP contribution is -2.33. The van der Waals surface area contributed by atoms with E-state index in [-0.39, 0.29) is 18.9 Å². The zero-order valence-electron chi connectivity index (χ0n) is 12.2. The molecule has 0 aliphatic rings. The van der Waals surface area contributed by atoms with Crippen LogP contribution in [0.25, 0.3) is 6.08 Å². The van der Waals surface area contributed by atoms with Crippen LogP contribution < -0.4 is 0 Å². The van der Waals surface area contributed by atoms with E-state index in [0.717, 1.165) is 5.56 Å². The molecule has 1 N–H and O–H groups in total. The van der Waals surface area contributed by atoms with Crippen molar-refractivity contribution in [3.05, 3.63) is 42.0 Å². The first-order valence-electron chi connectivity index (χ1n) is 6.86. The van der Waals surface area contributed by atoms with Crippen LogP contribution in [0.5, 0.6) is 0 Å². The van der Waals surface area contributed by atoms with Crippen LogP contribution in [0.3, 0.4) is 0 Å². The van der Waals surface area contributed by atoms with Gasteiger partial charge in [0.05, 0.1) is 6.42 Å². The summed E-state index contributed by atoms with van der Waals surface area (Å²) in [6.07, 6.45) is 3.83. The number of carbonyl (C=O) groups excluding carboxylic acids is 1. The van der Waals surface area contributed by atoms with Crippen molar-refractivity contribution in [3.8, 4) is 0 Å². The summed E-state index contributed by atoms with van der Waals surface area (Å²) in [6.45, 7) is 1.23. The van der Waals surface area contributed by atoms with Gasteiger partial charge in [-0.2, -0.15) is 0 Å². The van der Waals surface area contributed by atoms with E-state index >= 15 is 0 Å². The molecular weight excluding hydrogens is 270 g/mol. The lowest BCUT2D eigenvalue weighted by atomic mass is 10.2. The minimum atomic E-state index is -0.911. The summed E-state index contributed by atoms with van der Waals surface area (Å²) in [5.74, 6) is -1.09. The molecular formula is C16H21NO4. The zero-order valence-corrected chi connectivity index (χ0v) is 12.2. The Labute approximate surface area is 124 Å². The fourth-order valence-corrected chi connectivity index (χ4v) is 1.80. The molecule has 0 unspecified atom stereocenters. The van der Waals surface area contributed by atoms with Gasteiger partial charge in [0.2, 0.25) is 5.91 Å². The number of rotatable bonds is 9. The normalized spacial score (nSPS) is 10.7. The van der Waals surface area contributed by atoms with Crippen LogP contribution in [0.2, 0.25) is 0 Å². The molecule has 0 saturated heterocycles. The first-order chi connectivity index (χ1) is 10.1. The maximum atomic E-state index is 12.1. The second-order valence-electron chi connectivity index (χ2n) is 4.56.